The molecule has 1 fully saturated rings. The number of hydrogen-bond donors (Lipinski definition) is 6. The van der Waals surface area contributed by atoms with Gasteiger partial charge in [0, 0.05) is 6.42 Å². The van der Waals surface area contributed by atoms with Crippen molar-refractivity contribution in [3.05, 3.63) is 12.2 Å². The predicted molar refractivity (Wildman–Crippen MR) is 318 cm³/mol. The fraction of sp³-hybridized carbons (Fsp3) is 0.955. The standard InChI is InChI=1S/C66H129NO8/c1-3-5-7-9-11-13-15-17-19-21-22-23-24-25-26-27-28-29-30-31-32-33-34-35-36-37-38-39-40-42-44-46-48-50-52-54-56-62(70)67-59(58-74-66-65(73)64(72)63(71)61(57-68)75-66)60(69)55-53-51-49-47-45-43-41-20-18-16-14-12-10-8-6-4-2/h53,55,59-61,63-66,68-69,71-73H,3-52,54,56-58H2,1-2H3,(H,67,70)/b55-53+. The Hall–Kier alpha value is -1.07. The van der Waals surface area contributed by atoms with Crippen LogP contribution >= 0.6 is 0 Å². The van der Waals surface area contributed by atoms with Crippen LogP contribution in [-0.2, 0) is 14.3 Å². The van der Waals surface area contributed by atoms with Gasteiger partial charge in [-0.25, -0.2) is 0 Å². The Morgan fingerprint density at radius 2 is 0.733 bits per heavy atom. The minimum atomic E-state index is -1.56. The first-order chi connectivity index (χ1) is 36.8. The lowest BCUT2D eigenvalue weighted by molar-refractivity contribution is -0.302. The number of carbonyl (C=O) groups excluding carboxylic acids is 1. The predicted octanol–water partition coefficient (Wildman–Crippen LogP) is 17.5. The molecule has 446 valence electrons. The minimum Gasteiger partial charge on any atom is -0.394 e. The largest absolute Gasteiger partial charge is 0.394 e. The molecule has 0 spiro atoms. The Morgan fingerprint density at radius 1 is 0.440 bits per heavy atom. The number of hydrogen-bond acceptors (Lipinski definition) is 8. The van der Waals surface area contributed by atoms with E-state index in [2.05, 4.69) is 19.2 Å². The van der Waals surface area contributed by atoms with Crippen molar-refractivity contribution >= 4 is 5.91 Å². The maximum atomic E-state index is 13.1. The van der Waals surface area contributed by atoms with Gasteiger partial charge in [0.25, 0.3) is 0 Å². The molecule has 1 saturated heterocycles. The number of amides is 1. The summed E-state index contributed by atoms with van der Waals surface area (Å²) in [6.07, 6.45) is 64.7. The summed E-state index contributed by atoms with van der Waals surface area (Å²) < 4.78 is 11.3. The average Bonchev–Trinajstić information content (AvgIpc) is 3.41. The molecule has 7 atom stereocenters. The van der Waals surface area contributed by atoms with Crippen LogP contribution in [0.4, 0.5) is 0 Å². The minimum absolute atomic E-state index is 0.169. The molecule has 6 N–H and O–H groups in total. The van der Waals surface area contributed by atoms with Gasteiger partial charge in [-0.15, -0.1) is 0 Å². The highest BCUT2D eigenvalue weighted by Crippen LogP contribution is 2.23. The Bertz CT molecular complexity index is 1190. The molecule has 9 heteroatoms. The highest BCUT2D eigenvalue weighted by atomic mass is 16.7. The molecular weight excluding hydrogens is 935 g/mol. The van der Waals surface area contributed by atoms with Crippen LogP contribution in [0.15, 0.2) is 12.2 Å². The summed E-state index contributed by atoms with van der Waals surface area (Å²) in [6, 6.07) is -0.801. The maximum Gasteiger partial charge on any atom is 0.220 e. The molecule has 0 aliphatic carbocycles. The Labute approximate surface area is 465 Å². The van der Waals surface area contributed by atoms with Gasteiger partial charge in [0.15, 0.2) is 6.29 Å². The van der Waals surface area contributed by atoms with E-state index in [9.17, 15) is 30.3 Å². The van der Waals surface area contributed by atoms with Gasteiger partial charge in [-0.3, -0.25) is 4.79 Å². The third-order valence-electron chi connectivity index (χ3n) is 16.4. The van der Waals surface area contributed by atoms with Gasteiger partial charge in [-0.2, -0.15) is 0 Å². The number of aliphatic hydroxyl groups is 5. The summed E-state index contributed by atoms with van der Waals surface area (Å²) in [5, 5.41) is 54.6. The van der Waals surface area contributed by atoms with Crippen molar-refractivity contribution in [2.45, 2.75) is 391 Å². The van der Waals surface area contributed by atoms with E-state index in [-0.39, 0.29) is 12.5 Å². The number of ether oxygens (including phenoxy) is 2. The quantitative estimate of drug-likeness (QED) is 0.0261. The number of nitrogens with one attached hydrogen (secondary N) is 1. The molecule has 0 aromatic heterocycles. The molecule has 7 unspecified atom stereocenters. The van der Waals surface area contributed by atoms with Crippen LogP contribution in [0.3, 0.4) is 0 Å². The van der Waals surface area contributed by atoms with Gasteiger partial charge >= 0.3 is 0 Å². The summed E-state index contributed by atoms with van der Waals surface area (Å²) in [6.45, 7) is 3.83. The molecular formula is C66H129NO8. The smallest absolute Gasteiger partial charge is 0.220 e. The number of allylic oxidation sites excluding steroid dienone is 1. The summed E-state index contributed by atoms with van der Waals surface area (Å²) in [5.41, 5.74) is 0. The Balaban J connectivity index is 2.05. The van der Waals surface area contributed by atoms with E-state index in [1.807, 2.05) is 6.08 Å². The molecule has 1 rings (SSSR count). The summed E-state index contributed by atoms with van der Waals surface area (Å²) in [4.78, 5) is 13.1. The topological polar surface area (TPSA) is 149 Å². The van der Waals surface area contributed by atoms with Crippen LogP contribution in [0.25, 0.3) is 0 Å². The fourth-order valence-corrected chi connectivity index (χ4v) is 11.1. The van der Waals surface area contributed by atoms with Crippen molar-refractivity contribution in [2.75, 3.05) is 13.2 Å². The van der Waals surface area contributed by atoms with E-state index in [1.165, 1.54) is 289 Å². The van der Waals surface area contributed by atoms with Gasteiger partial charge < -0.3 is 40.3 Å². The highest BCUT2D eigenvalue weighted by Gasteiger charge is 2.44. The van der Waals surface area contributed by atoms with Crippen LogP contribution in [0.2, 0.25) is 0 Å². The monoisotopic (exact) mass is 1060 g/mol. The lowest BCUT2D eigenvalue weighted by Crippen LogP contribution is -2.60. The second-order valence-electron chi connectivity index (χ2n) is 23.6. The summed E-state index contributed by atoms with van der Waals surface area (Å²) in [7, 11) is 0. The summed E-state index contributed by atoms with van der Waals surface area (Å²) >= 11 is 0. The van der Waals surface area contributed by atoms with Crippen molar-refractivity contribution in [3.8, 4) is 0 Å². The molecule has 0 radical (unpaired) electrons. The van der Waals surface area contributed by atoms with Gasteiger partial charge in [-0.1, -0.05) is 334 Å². The molecule has 75 heavy (non-hydrogen) atoms. The van der Waals surface area contributed by atoms with E-state index in [0.717, 1.165) is 38.5 Å². The Morgan fingerprint density at radius 3 is 1.04 bits per heavy atom. The zero-order valence-corrected chi connectivity index (χ0v) is 49.8. The molecule has 1 amide bonds. The lowest BCUT2D eigenvalue weighted by Gasteiger charge is -2.40. The van der Waals surface area contributed by atoms with E-state index in [4.69, 9.17) is 9.47 Å². The van der Waals surface area contributed by atoms with Gasteiger partial charge in [-0.05, 0) is 19.3 Å². The highest BCUT2D eigenvalue weighted by molar-refractivity contribution is 5.76. The van der Waals surface area contributed by atoms with Crippen LogP contribution in [-0.4, -0.2) is 87.5 Å². The third kappa shape index (κ3) is 45.4. The molecule has 0 aromatic rings. The Kier molecular flexibility index (Phi) is 53.9. The fourth-order valence-electron chi connectivity index (χ4n) is 11.1. The molecule has 0 bridgehead atoms. The molecule has 1 heterocycles. The number of aliphatic hydroxyl groups excluding tert-OH is 5. The molecule has 0 aromatic carbocycles. The number of rotatable bonds is 59. The molecule has 0 saturated carbocycles. The normalized spacial score (nSPS) is 18.8. The van der Waals surface area contributed by atoms with Crippen molar-refractivity contribution in [3.63, 3.8) is 0 Å². The SMILES string of the molecule is CCCCCCCCCCCCCCCC/C=C/C(O)C(COC1OC(CO)C(O)C(O)C1O)NC(=O)CCCCCCCCCCCCCCCCCCCCCCCCCCCCCCCCCCCCCC. The van der Waals surface area contributed by atoms with Crippen molar-refractivity contribution < 1.29 is 39.8 Å². The van der Waals surface area contributed by atoms with Crippen LogP contribution in [0, 0.1) is 0 Å². The number of unbranched alkanes of at least 4 members (excludes halogenated alkanes) is 49. The van der Waals surface area contributed by atoms with Crippen LogP contribution < -0.4 is 5.32 Å². The van der Waals surface area contributed by atoms with Gasteiger partial charge in [0.1, 0.15) is 24.4 Å². The average molecular weight is 1060 g/mol. The van der Waals surface area contributed by atoms with Crippen LogP contribution in [0.1, 0.15) is 348 Å². The zero-order valence-electron chi connectivity index (χ0n) is 49.8. The van der Waals surface area contributed by atoms with E-state index in [0.29, 0.717) is 6.42 Å². The van der Waals surface area contributed by atoms with Crippen LogP contribution in [0.5, 0.6) is 0 Å². The second kappa shape index (κ2) is 56.2. The van der Waals surface area contributed by atoms with Crippen molar-refractivity contribution in [1.82, 2.24) is 5.32 Å². The second-order valence-corrected chi connectivity index (χ2v) is 23.6. The van der Waals surface area contributed by atoms with E-state index in [1.54, 1.807) is 6.08 Å². The molecule has 1 aliphatic heterocycles. The summed E-state index contributed by atoms with van der Waals surface area (Å²) in [5.74, 6) is -0.169. The zero-order chi connectivity index (χ0) is 54.3. The number of carbonyl (C=O) groups is 1. The maximum absolute atomic E-state index is 13.1. The van der Waals surface area contributed by atoms with E-state index < -0.39 is 49.5 Å². The molecule has 9 nitrogen and oxygen atoms in total. The first-order valence-corrected chi connectivity index (χ1v) is 33.4. The van der Waals surface area contributed by atoms with Gasteiger partial charge in [0.2, 0.25) is 5.91 Å². The first-order valence-electron chi connectivity index (χ1n) is 33.4. The third-order valence-corrected chi connectivity index (χ3v) is 16.4. The van der Waals surface area contributed by atoms with Crippen molar-refractivity contribution in [2.24, 2.45) is 0 Å². The lowest BCUT2D eigenvalue weighted by atomic mass is 9.99. The molecule has 1 aliphatic rings. The van der Waals surface area contributed by atoms with Gasteiger partial charge in [0.05, 0.1) is 25.4 Å². The van der Waals surface area contributed by atoms with E-state index >= 15 is 0 Å². The van der Waals surface area contributed by atoms with Crippen molar-refractivity contribution in [1.29, 1.82) is 0 Å². The first kappa shape index (κ1) is 71.9.